The van der Waals surface area contributed by atoms with Gasteiger partial charge in [0.05, 0.1) is 12.3 Å². The average Bonchev–Trinajstić information content (AvgIpc) is 2.98. The first kappa shape index (κ1) is 15.4. The predicted octanol–water partition coefficient (Wildman–Crippen LogP) is 4.29. The van der Waals surface area contributed by atoms with Crippen LogP contribution >= 0.6 is 0 Å². The summed E-state index contributed by atoms with van der Waals surface area (Å²) in [6.07, 6.45) is 2.19. The van der Waals surface area contributed by atoms with E-state index >= 15 is 0 Å². The minimum Gasteiger partial charge on any atom is -0.491 e. The van der Waals surface area contributed by atoms with E-state index in [2.05, 4.69) is 47.5 Å². The van der Waals surface area contributed by atoms with E-state index in [1.54, 1.807) is 0 Å². The summed E-state index contributed by atoms with van der Waals surface area (Å²) in [6, 6.07) is 16.5. The van der Waals surface area contributed by atoms with Gasteiger partial charge >= 0.3 is 0 Å². The Morgan fingerprint density at radius 1 is 1.17 bits per heavy atom. The second-order valence-electron chi connectivity index (χ2n) is 5.89. The molecule has 4 nitrogen and oxygen atoms in total. The van der Waals surface area contributed by atoms with E-state index in [1.807, 2.05) is 24.9 Å². The molecule has 1 aliphatic rings. The van der Waals surface area contributed by atoms with Crippen molar-refractivity contribution < 1.29 is 4.74 Å². The van der Waals surface area contributed by atoms with E-state index in [4.69, 9.17) is 10.1 Å². The van der Waals surface area contributed by atoms with Crippen molar-refractivity contribution in [3.05, 3.63) is 60.8 Å². The average molecular weight is 308 g/mol. The molecule has 0 spiro atoms. The van der Waals surface area contributed by atoms with Crippen LogP contribution in [0, 0.1) is 18.0 Å². The van der Waals surface area contributed by atoms with Gasteiger partial charge in [-0.05, 0) is 36.2 Å². The summed E-state index contributed by atoms with van der Waals surface area (Å²) in [5.41, 5.74) is 3.42. The van der Waals surface area contributed by atoms with Gasteiger partial charge in [-0.15, -0.1) is 0 Å². The number of para-hydroxylation sites is 1. The third kappa shape index (κ3) is 3.65. The lowest BCUT2D eigenvalue weighted by atomic mass is 10.1. The van der Waals surface area contributed by atoms with Gasteiger partial charge in [0.15, 0.2) is 0 Å². The molecule has 0 aliphatic carbocycles. The number of nitrogens with one attached hydrogen (secondary N) is 2. The van der Waals surface area contributed by atoms with Crippen LogP contribution in [0.4, 0.5) is 11.4 Å². The van der Waals surface area contributed by atoms with Crippen LogP contribution in [0.1, 0.15) is 18.9 Å². The molecule has 0 aromatic heterocycles. The molecule has 0 amide bonds. The summed E-state index contributed by atoms with van der Waals surface area (Å²) in [4.78, 5) is 2.19. The van der Waals surface area contributed by atoms with Crippen LogP contribution in [-0.2, 0) is 6.54 Å². The van der Waals surface area contributed by atoms with E-state index in [0.717, 1.165) is 30.1 Å². The monoisotopic (exact) mass is 308 g/mol. The molecule has 2 aromatic rings. The molecule has 0 saturated carbocycles. The second kappa shape index (κ2) is 7.18. The summed E-state index contributed by atoms with van der Waals surface area (Å²) in [6.45, 7) is 5.53. The molecule has 119 valence electrons. The van der Waals surface area contributed by atoms with Gasteiger partial charge in [-0.1, -0.05) is 43.3 Å². The van der Waals surface area contributed by atoms with E-state index < -0.39 is 0 Å². The van der Waals surface area contributed by atoms with Crippen molar-refractivity contribution in [3.63, 3.8) is 0 Å². The number of hydrogen-bond donors (Lipinski definition) is 2. The fourth-order valence-electron chi connectivity index (χ4n) is 2.65. The van der Waals surface area contributed by atoms with Crippen LogP contribution < -0.4 is 15.0 Å². The number of anilines is 2. The highest BCUT2D eigenvalue weighted by Crippen LogP contribution is 2.41. The summed E-state index contributed by atoms with van der Waals surface area (Å²) < 4.78 is 5.95. The van der Waals surface area contributed by atoms with Gasteiger partial charge in [-0.2, -0.15) is 0 Å². The third-order valence-corrected chi connectivity index (χ3v) is 3.92. The van der Waals surface area contributed by atoms with Crippen LogP contribution in [0.3, 0.4) is 0 Å². The zero-order valence-corrected chi connectivity index (χ0v) is 13.3. The Morgan fingerprint density at radius 2 is 2.00 bits per heavy atom. The Bertz CT molecular complexity index is 657. The lowest BCUT2D eigenvalue weighted by Crippen LogP contribution is -2.16. The lowest BCUT2D eigenvalue weighted by molar-refractivity contribution is 0.266. The Morgan fingerprint density at radius 3 is 2.78 bits per heavy atom. The molecule has 2 aromatic carbocycles. The quantitative estimate of drug-likeness (QED) is 0.750. The number of fused-ring (bicyclic) bond motifs is 1. The molecule has 0 saturated heterocycles. The first-order valence-corrected chi connectivity index (χ1v) is 7.93. The number of hydrogen-bond acceptors (Lipinski definition) is 4. The maximum atomic E-state index is 7.17. The van der Waals surface area contributed by atoms with Crippen molar-refractivity contribution >= 4 is 17.6 Å². The summed E-state index contributed by atoms with van der Waals surface area (Å²) >= 11 is 0. The molecule has 1 radical (unpaired) electrons. The van der Waals surface area contributed by atoms with Gasteiger partial charge in [0.2, 0.25) is 0 Å². The van der Waals surface area contributed by atoms with Gasteiger partial charge in [0, 0.05) is 6.54 Å². The Hall–Kier alpha value is -2.49. The molecule has 0 fully saturated rings. The highest BCUT2D eigenvalue weighted by molar-refractivity contribution is 5.82. The molecule has 1 unspecified atom stereocenters. The van der Waals surface area contributed by atoms with Crippen molar-refractivity contribution in [2.24, 2.45) is 5.92 Å². The molecule has 1 aliphatic heterocycles. The minimum atomic E-state index is 0.342. The van der Waals surface area contributed by atoms with Crippen molar-refractivity contribution in [2.45, 2.75) is 19.9 Å². The zero-order valence-electron chi connectivity index (χ0n) is 13.3. The van der Waals surface area contributed by atoms with Crippen LogP contribution in [0.5, 0.6) is 5.75 Å². The lowest BCUT2D eigenvalue weighted by Gasteiger charge is -2.18. The van der Waals surface area contributed by atoms with Crippen molar-refractivity contribution in [2.75, 3.05) is 16.8 Å². The van der Waals surface area contributed by atoms with Crippen molar-refractivity contribution in [1.29, 1.82) is 5.41 Å². The maximum Gasteiger partial charge on any atom is 0.144 e. The van der Waals surface area contributed by atoms with Gasteiger partial charge in [0.25, 0.3) is 0 Å². The SMILES string of the molecule is CC(CC=N)COc1cccc2c1N[CH]N2Cc1ccccc1. The van der Waals surface area contributed by atoms with Crippen LogP contribution in [0.25, 0.3) is 0 Å². The zero-order chi connectivity index (χ0) is 16.1. The van der Waals surface area contributed by atoms with Crippen LogP contribution in [-0.4, -0.2) is 12.8 Å². The first-order chi connectivity index (χ1) is 11.3. The Balaban J connectivity index is 1.71. The van der Waals surface area contributed by atoms with E-state index in [0.29, 0.717) is 12.5 Å². The third-order valence-electron chi connectivity index (χ3n) is 3.92. The number of nitrogens with zero attached hydrogens (tertiary/aromatic N) is 1. The van der Waals surface area contributed by atoms with E-state index in [-0.39, 0.29) is 0 Å². The van der Waals surface area contributed by atoms with Crippen molar-refractivity contribution in [1.82, 2.24) is 0 Å². The fraction of sp³-hybridized carbons (Fsp3) is 0.263. The van der Waals surface area contributed by atoms with Crippen molar-refractivity contribution in [3.8, 4) is 5.75 Å². The Labute approximate surface area is 137 Å². The van der Waals surface area contributed by atoms with Gasteiger partial charge in [-0.25, -0.2) is 0 Å². The summed E-state index contributed by atoms with van der Waals surface area (Å²) in [5.74, 6) is 1.21. The summed E-state index contributed by atoms with van der Waals surface area (Å²) in [5, 5.41) is 10.5. The molecule has 23 heavy (non-hydrogen) atoms. The molecule has 2 N–H and O–H groups in total. The van der Waals surface area contributed by atoms with Gasteiger partial charge in [-0.3, -0.25) is 0 Å². The molecule has 3 rings (SSSR count). The normalized spacial score (nSPS) is 14.0. The van der Waals surface area contributed by atoms with Crippen LogP contribution in [0.15, 0.2) is 48.5 Å². The molecular formula is C19H22N3O. The van der Waals surface area contributed by atoms with Crippen LogP contribution in [0.2, 0.25) is 0 Å². The molecular weight excluding hydrogens is 286 g/mol. The fourth-order valence-corrected chi connectivity index (χ4v) is 2.65. The largest absolute Gasteiger partial charge is 0.491 e. The number of benzene rings is 2. The highest BCUT2D eigenvalue weighted by atomic mass is 16.5. The standard InChI is InChI=1S/C19H22N3O/c1-15(10-11-20)13-23-18-9-5-8-17-19(18)21-14-22(17)12-16-6-3-2-4-7-16/h2-9,11,14-15,20-21H,10,12-13H2,1H3. The minimum absolute atomic E-state index is 0.342. The molecule has 4 heteroatoms. The number of ether oxygens (including phenoxy) is 1. The molecule has 1 heterocycles. The highest BCUT2D eigenvalue weighted by Gasteiger charge is 2.22. The Kier molecular flexibility index (Phi) is 4.81. The smallest absolute Gasteiger partial charge is 0.144 e. The summed E-state index contributed by atoms with van der Waals surface area (Å²) in [7, 11) is 0. The van der Waals surface area contributed by atoms with Gasteiger partial charge < -0.3 is 20.4 Å². The number of rotatable bonds is 7. The molecule has 1 atom stereocenters. The first-order valence-electron chi connectivity index (χ1n) is 7.93. The van der Waals surface area contributed by atoms with Gasteiger partial charge in [0.1, 0.15) is 18.1 Å². The second-order valence-corrected chi connectivity index (χ2v) is 5.89. The topological polar surface area (TPSA) is 48.4 Å². The molecule has 0 bridgehead atoms. The van der Waals surface area contributed by atoms with E-state index in [9.17, 15) is 0 Å². The maximum absolute atomic E-state index is 7.17. The predicted molar refractivity (Wildman–Crippen MR) is 95.0 cm³/mol. The van der Waals surface area contributed by atoms with E-state index in [1.165, 1.54) is 11.8 Å².